The molecular formula is C21H27NO2. The summed E-state index contributed by atoms with van der Waals surface area (Å²) in [6.45, 7) is 8.52. The van der Waals surface area contributed by atoms with Crippen LogP contribution >= 0.6 is 0 Å². The van der Waals surface area contributed by atoms with Crippen molar-refractivity contribution < 1.29 is 9.53 Å². The van der Waals surface area contributed by atoms with E-state index >= 15 is 0 Å². The number of hydrogen-bond acceptors (Lipinski definition) is 2. The predicted octanol–water partition coefficient (Wildman–Crippen LogP) is 4.29. The van der Waals surface area contributed by atoms with E-state index in [1.807, 2.05) is 63.2 Å². The molecular weight excluding hydrogens is 298 g/mol. The van der Waals surface area contributed by atoms with Gasteiger partial charge in [0.1, 0.15) is 5.60 Å². The quantitative estimate of drug-likeness (QED) is 0.860. The highest BCUT2D eigenvalue weighted by molar-refractivity contribution is 5.97. The summed E-state index contributed by atoms with van der Waals surface area (Å²) in [6, 6.07) is 14.1. The Morgan fingerprint density at radius 1 is 1.08 bits per heavy atom. The Hall–Kier alpha value is -2.13. The highest BCUT2D eigenvalue weighted by atomic mass is 16.5. The molecule has 1 amide bonds. The lowest BCUT2D eigenvalue weighted by molar-refractivity contribution is -0.0164. The van der Waals surface area contributed by atoms with E-state index in [2.05, 4.69) is 12.2 Å². The molecule has 0 spiro atoms. The number of benzene rings is 2. The maximum absolute atomic E-state index is 12.7. The molecule has 2 aromatic rings. The number of carbonyl (C=O) groups is 1. The molecule has 0 aliphatic carbocycles. The van der Waals surface area contributed by atoms with Crippen LogP contribution in [0.25, 0.3) is 0 Å². The number of carbonyl (C=O) groups excluding carboxylic acids is 1. The van der Waals surface area contributed by atoms with E-state index in [0.29, 0.717) is 6.54 Å². The van der Waals surface area contributed by atoms with Gasteiger partial charge in [-0.2, -0.15) is 0 Å². The topological polar surface area (TPSA) is 38.3 Å². The molecule has 2 aromatic carbocycles. The molecule has 2 rings (SSSR count). The number of rotatable bonds is 6. The molecule has 128 valence electrons. The molecule has 3 nitrogen and oxygen atoms in total. The second kappa shape index (κ2) is 7.63. The van der Waals surface area contributed by atoms with Gasteiger partial charge in [0.25, 0.3) is 5.91 Å². The van der Waals surface area contributed by atoms with Crippen LogP contribution in [-0.2, 0) is 10.3 Å². The minimum atomic E-state index is -0.510. The summed E-state index contributed by atoms with van der Waals surface area (Å²) in [5, 5.41) is 3.08. The van der Waals surface area contributed by atoms with E-state index in [-0.39, 0.29) is 5.91 Å². The summed E-state index contributed by atoms with van der Waals surface area (Å²) in [4.78, 5) is 12.7. The summed E-state index contributed by atoms with van der Waals surface area (Å²) < 4.78 is 5.82. The first-order chi connectivity index (χ1) is 11.4. The largest absolute Gasteiger partial charge is 0.372 e. The van der Waals surface area contributed by atoms with E-state index in [4.69, 9.17) is 4.74 Å². The molecule has 0 aliphatic heterocycles. The average Bonchev–Trinajstić information content (AvgIpc) is 2.56. The SMILES string of the molecule is CCC(CNC(=O)c1c(C)cc(C)cc1C)(OC)c1ccccc1. The van der Waals surface area contributed by atoms with Crippen molar-refractivity contribution in [3.05, 3.63) is 70.3 Å². The lowest BCUT2D eigenvalue weighted by atomic mass is 9.90. The highest BCUT2D eigenvalue weighted by Crippen LogP contribution is 2.28. The Balaban J connectivity index is 2.23. The lowest BCUT2D eigenvalue weighted by Gasteiger charge is -2.32. The molecule has 1 unspecified atom stereocenters. The molecule has 0 bridgehead atoms. The zero-order chi connectivity index (χ0) is 17.7. The molecule has 0 fully saturated rings. The fraction of sp³-hybridized carbons (Fsp3) is 0.381. The van der Waals surface area contributed by atoms with E-state index in [0.717, 1.165) is 28.7 Å². The fourth-order valence-corrected chi connectivity index (χ4v) is 3.36. The second-order valence-electron chi connectivity index (χ2n) is 6.37. The van der Waals surface area contributed by atoms with Crippen molar-refractivity contribution in [2.45, 2.75) is 39.7 Å². The second-order valence-corrected chi connectivity index (χ2v) is 6.37. The number of methoxy groups -OCH3 is 1. The van der Waals surface area contributed by atoms with Crippen LogP contribution in [-0.4, -0.2) is 19.6 Å². The summed E-state index contributed by atoms with van der Waals surface area (Å²) in [6.07, 6.45) is 0.777. The molecule has 0 heterocycles. The van der Waals surface area contributed by atoms with Crippen LogP contribution in [0.4, 0.5) is 0 Å². The van der Waals surface area contributed by atoms with E-state index in [9.17, 15) is 4.79 Å². The minimum absolute atomic E-state index is 0.0455. The van der Waals surface area contributed by atoms with Crippen molar-refractivity contribution in [3.63, 3.8) is 0 Å². The van der Waals surface area contributed by atoms with Gasteiger partial charge in [-0.3, -0.25) is 4.79 Å². The Labute approximate surface area is 145 Å². The molecule has 0 aliphatic rings. The monoisotopic (exact) mass is 325 g/mol. The fourth-order valence-electron chi connectivity index (χ4n) is 3.36. The van der Waals surface area contributed by atoms with Crippen molar-refractivity contribution in [2.24, 2.45) is 0 Å². The first-order valence-corrected chi connectivity index (χ1v) is 8.40. The maximum atomic E-state index is 12.7. The number of hydrogen-bond donors (Lipinski definition) is 1. The minimum Gasteiger partial charge on any atom is -0.372 e. The van der Waals surface area contributed by atoms with Gasteiger partial charge in [0.05, 0.1) is 6.54 Å². The van der Waals surface area contributed by atoms with Crippen molar-refractivity contribution in [3.8, 4) is 0 Å². The van der Waals surface area contributed by atoms with Crippen molar-refractivity contribution >= 4 is 5.91 Å². The standard InChI is InChI=1S/C21H27NO2/c1-6-21(24-5,18-10-8-7-9-11-18)14-22-20(23)19-16(3)12-15(2)13-17(19)4/h7-13H,6,14H2,1-5H3,(H,22,23). The maximum Gasteiger partial charge on any atom is 0.251 e. The third-order valence-electron chi connectivity index (χ3n) is 4.70. The van der Waals surface area contributed by atoms with Crippen molar-refractivity contribution in [1.29, 1.82) is 0 Å². The van der Waals surface area contributed by atoms with E-state index in [1.165, 1.54) is 5.56 Å². The van der Waals surface area contributed by atoms with Gasteiger partial charge in [0.2, 0.25) is 0 Å². The van der Waals surface area contributed by atoms with Gasteiger partial charge in [-0.15, -0.1) is 0 Å². The first-order valence-electron chi connectivity index (χ1n) is 8.40. The third-order valence-corrected chi connectivity index (χ3v) is 4.70. The van der Waals surface area contributed by atoms with Gasteiger partial charge in [-0.1, -0.05) is 55.0 Å². The van der Waals surface area contributed by atoms with Crippen LogP contribution in [0.1, 0.15) is 46.0 Å². The van der Waals surface area contributed by atoms with Gasteiger partial charge in [0.15, 0.2) is 0 Å². The number of aryl methyl sites for hydroxylation is 3. The summed E-state index contributed by atoms with van der Waals surface area (Å²) in [5.41, 5.74) is 4.50. The van der Waals surface area contributed by atoms with Crippen LogP contribution in [0.5, 0.6) is 0 Å². The number of amides is 1. The molecule has 24 heavy (non-hydrogen) atoms. The molecule has 0 aromatic heterocycles. The first kappa shape index (κ1) is 18.2. The molecule has 0 saturated carbocycles. The number of nitrogens with one attached hydrogen (secondary N) is 1. The highest BCUT2D eigenvalue weighted by Gasteiger charge is 2.31. The van der Waals surface area contributed by atoms with Crippen molar-refractivity contribution in [2.75, 3.05) is 13.7 Å². The Morgan fingerprint density at radius 2 is 1.67 bits per heavy atom. The summed E-state index contributed by atoms with van der Waals surface area (Å²) in [5.74, 6) is -0.0455. The smallest absolute Gasteiger partial charge is 0.251 e. The molecule has 0 saturated heterocycles. The van der Waals surface area contributed by atoms with Crippen LogP contribution in [0, 0.1) is 20.8 Å². The summed E-state index contributed by atoms with van der Waals surface area (Å²) >= 11 is 0. The third kappa shape index (κ3) is 3.68. The van der Waals surface area contributed by atoms with Gasteiger partial charge in [0, 0.05) is 12.7 Å². The van der Waals surface area contributed by atoms with E-state index in [1.54, 1.807) is 7.11 Å². The van der Waals surface area contributed by atoms with Gasteiger partial charge < -0.3 is 10.1 Å². The zero-order valence-electron chi connectivity index (χ0n) is 15.3. The normalized spacial score (nSPS) is 13.4. The average molecular weight is 325 g/mol. The van der Waals surface area contributed by atoms with Crippen LogP contribution in [0.2, 0.25) is 0 Å². The molecule has 0 radical (unpaired) electrons. The number of ether oxygens (including phenoxy) is 1. The lowest BCUT2D eigenvalue weighted by Crippen LogP contribution is -2.42. The molecule has 1 N–H and O–H groups in total. The Morgan fingerprint density at radius 3 is 2.17 bits per heavy atom. The summed E-state index contributed by atoms with van der Waals surface area (Å²) in [7, 11) is 1.70. The van der Waals surface area contributed by atoms with Crippen LogP contribution in [0.3, 0.4) is 0 Å². The van der Waals surface area contributed by atoms with Crippen LogP contribution < -0.4 is 5.32 Å². The van der Waals surface area contributed by atoms with Gasteiger partial charge in [-0.05, 0) is 43.9 Å². The Bertz CT molecular complexity index is 680. The predicted molar refractivity (Wildman–Crippen MR) is 98.4 cm³/mol. The van der Waals surface area contributed by atoms with Gasteiger partial charge in [-0.25, -0.2) is 0 Å². The van der Waals surface area contributed by atoms with Gasteiger partial charge >= 0.3 is 0 Å². The zero-order valence-corrected chi connectivity index (χ0v) is 15.3. The van der Waals surface area contributed by atoms with Crippen molar-refractivity contribution in [1.82, 2.24) is 5.32 Å². The molecule has 1 atom stereocenters. The Kier molecular flexibility index (Phi) is 5.79. The van der Waals surface area contributed by atoms with Crippen LogP contribution in [0.15, 0.2) is 42.5 Å². The molecule has 3 heteroatoms. The van der Waals surface area contributed by atoms with E-state index < -0.39 is 5.60 Å².